The van der Waals surface area contributed by atoms with E-state index < -0.39 is 0 Å². The zero-order valence-electron chi connectivity index (χ0n) is 5.49. The fourth-order valence-electron chi connectivity index (χ4n) is 0.551. The Labute approximate surface area is 54.7 Å². The van der Waals surface area contributed by atoms with E-state index in [1.807, 2.05) is 6.20 Å². The van der Waals surface area contributed by atoms with Crippen molar-refractivity contribution in [3.8, 4) is 0 Å². The van der Waals surface area contributed by atoms with Gasteiger partial charge in [-0.2, -0.15) is 0 Å². The Morgan fingerprint density at radius 2 is 2.56 bits per heavy atom. The van der Waals surface area contributed by atoms with Gasteiger partial charge in [0.05, 0.1) is 6.54 Å². The molecule has 0 spiro atoms. The molecule has 1 aromatic heterocycles. The highest BCUT2D eigenvalue weighted by Crippen LogP contribution is 1.80. The Kier molecular flexibility index (Phi) is 2.13. The van der Waals surface area contributed by atoms with Gasteiger partial charge >= 0.3 is 0 Å². The minimum Gasteiger partial charge on any atom is -0.243 e. The largest absolute Gasteiger partial charge is 0.243 e. The van der Waals surface area contributed by atoms with Crippen molar-refractivity contribution in [3.63, 3.8) is 0 Å². The smallest absolute Gasteiger partial charge is 0.116 e. The third-order valence-corrected chi connectivity index (χ3v) is 0.977. The van der Waals surface area contributed by atoms with Gasteiger partial charge in [0, 0.05) is 12.4 Å². The molecule has 0 aliphatic rings. The first-order valence-corrected chi connectivity index (χ1v) is 3.09. The van der Waals surface area contributed by atoms with Crippen LogP contribution in [0.2, 0.25) is 0 Å². The summed E-state index contributed by atoms with van der Waals surface area (Å²) in [5.74, 6) is 0. The van der Waals surface area contributed by atoms with Crippen molar-refractivity contribution in [2.24, 2.45) is 0 Å². The van der Waals surface area contributed by atoms with Gasteiger partial charge in [-0.25, -0.2) is 15.1 Å². The van der Waals surface area contributed by atoms with Crippen LogP contribution in [0, 0.1) is 0 Å². The summed E-state index contributed by atoms with van der Waals surface area (Å²) in [6, 6.07) is 0. The van der Waals surface area contributed by atoms with Crippen LogP contribution in [0.3, 0.4) is 0 Å². The first-order chi connectivity index (χ1) is 4.43. The molecule has 0 atom stereocenters. The van der Waals surface area contributed by atoms with Crippen molar-refractivity contribution in [1.29, 1.82) is 0 Å². The van der Waals surface area contributed by atoms with Crippen molar-refractivity contribution < 1.29 is 0 Å². The van der Waals surface area contributed by atoms with Gasteiger partial charge in [0.15, 0.2) is 0 Å². The maximum Gasteiger partial charge on any atom is 0.116 e. The number of rotatable bonds is 3. The van der Waals surface area contributed by atoms with Gasteiger partial charge in [0.1, 0.15) is 6.33 Å². The lowest BCUT2D eigenvalue weighted by molar-refractivity contribution is 0.565. The minimum atomic E-state index is 0.871. The lowest BCUT2D eigenvalue weighted by Crippen LogP contribution is -2.11. The van der Waals surface area contributed by atoms with Crippen LogP contribution >= 0.6 is 0 Å². The summed E-state index contributed by atoms with van der Waals surface area (Å²) in [6.07, 6.45) is 6.32. The molecule has 1 rings (SSSR count). The molecule has 0 bridgehead atoms. The van der Waals surface area contributed by atoms with E-state index in [0.717, 1.165) is 13.0 Å². The normalized spacial score (nSPS) is 9.44. The average molecular weight is 124 g/mol. The quantitative estimate of drug-likeness (QED) is 0.582. The number of nitrogens with zero attached hydrogens (tertiary/aromatic N) is 3. The van der Waals surface area contributed by atoms with Crippen molar-refractivity contribution in [3.05, 3.63) is 18.7 Å². The van der Waals surface area contributed by atoms with E-state index >= 15 is 0 Å². The molecule has 1 aromatic rings. The molecule has 0 aliphatic carbocycles. The summed E-state index contributed by atoms with van der Waals surface area (Å²) < 4.78 is 1.73. The molecule has 3 heteroatoms. The predicted octanol–water partition coefficient (Wildman–Crippen LogP) is 0.661. The SMILES string of the molecule is CCC[N]n1ccnc1. The van der Waals surface area contributed by atoms with Crippen LogP contribution in [0.25, 0.3) is 0 Å². The van der Waals surface area contributed by atoms with E-state index in [1.165, 1.54) is 0 Å². The first-order valence-electron chi connectivity index (χ1n) is 3.09. The molecule has 49 valence electrons. The van der Waals surface area contributed by atoms with Gasteiger partial charge < -0.3 is 0 Å². The van der Waals surface area contributed by atoms with E-state index in [2.05, 4.69) is 17.3 Å². The van der Waals surface area contributed by atoms with Gasteiger partial charge in [0.25, 0.3) is 0 Å². The lowest BCUT2D eigenvalue weighted by atomic mass is 10.5. The molecule has 0 aromatic carbocycles. The summed E-state index contributed by atoms with van der Waals surface area (Å²) >= 11 is 0. The standard InChI is InChI=1S/C6H10N3/c1-2-3-8-9-5-4-7-6-9/h4-6H,2-3H2,1H3. The molecule has 0 aliphatic heterocycles. The fourth-order valence-corrected chi connectivity index (χ4v) is 0.551. The fraction of sp³-hybridized carbons (Fsp3) is 0.500. The molecule has 1 radical (unpaired) electrons. The van der Waals surface area contributed by atoms with E-state index in [9.17, 15) is 0 Å². The number of imidazole rings is 1. The minimum absolute atomic E-state index is 0.871. The summed E-state index contributed by atoms with van der Waals surface area (Å²) in [4.78, 5) is 3.84. The Hall–Kier alpha value is -0.990. The number of hydrogen-bond acceptors (Lipinski definition) is 1. The van der Waals surface area contributed by atoms with Gasteiger partial charge in [0.2, 0.25) is 0 Å². The highest BCUT2D eigenvalue weighted by atomic mass is 15.4. The first kappa shape index (κ1) is 6.13. The average Bonchev–Trinajstić information content (AvgIpc) is 2.34. The van der Waals surface area contributed by atoms with Crippen LogP contribution in [0.5, 0.6) is 0 Å². The second-order valence-corrected chi connectivity index (χ2v) is 1.81. The molecule has 0 fully saturated rings. The van der Waals surface area contributed by atoms with Gasteiger partial charge in [-0.3, -0.25) is 0 Å². The topological polar surface area (TPSA) is 31.9 Å². The van der Waals surface area contributed by atoms with Crippen LogP contribution in [0.1, 0.15) is 13.3 Å². The third-order valence-electron chi connectivity index (χ3n) is 0.977. The van der Waals surface area contributed by atoms with E-state index in [4.69, 9.17) is 0 Å². The van der Waals surface area contributed by atoms with Crippen LogP contribution < -0.4 is 5.43 Å². The van der Waals surface area contributed by atoms with Crippen molar-refractivity contribution in [2.75, 3.05) is 6.54 Å². The van der Waals surface area contributed by atoms with Crippen molar-refractivity contribution in [2.45, 2.75) is 13.3 Å². The van der Waals surface area contributed by atoms with Crippen LogP contribution in [-0.2, 0) is 0 Å². The van der Waals surface area contributed by atoms with Crippen LogP contribution in [-0.4, -0.2) is 16.2 Å². The van der Waals surface area contributed by atoms with Crippen LogP contribution in [0.15, 0.2) is 18.7 Å². The molecule has 0 N–H and O–H groups in total. The Balaban J connectivity index is 2.30. The maximum atomic E-state index is 4.14. The van der Waals surface area contributed by atoms with Crippen LogP contribution in [0.4, 0.5) is 0 Å². The lowest BCUT2D eigenvalue weighted by Gasteiger charge is -1.97. The molecule has 1 heterocycles. The molecule has 0 saturated heterocycles. The second-order valence-electron chi connectivity index (χ2n) is 1.81. The summed E-state index contributed by atoms with van der Waals surface area (Å²) in [6.45, 7) is 2.97. The van der Waals surface area contributed by atoms with Gasteiger partial charge in [-0.15, -0.1) is 0 Å². The van der Waals surface area contributed by atoms with E-state index in [0.29, 0.717) is 0 Å². The second kappa shape index (κ2) is 3.12. The molecular weight excluding hydrogens is 114 g/mol. The van der Waals surface area contributed by atoms with E-state index in [-0.39, 0.29) is 0 Å². The molecule has 9 heavy (non-hydrogen) atoms. The summed E-state index contributed by atoms with van der Waals surface area (Å²) in [5.41, 5.74) is 4.14. The highest BCUT2D eigenvalue weighted by molar-refractivity contribution is 4.72. The van der Waals surface area contributed by atoms with E-state index in [1.54, 1.807) is 17.2 Å². The predicted molar refractivity (Wildman–Crippen MR) is 34.9 cm³/mol. The molecule has 0 unspecified atom stereocenters. The Morgan fingerprint density at radius 1 is 1.67 bits per heavy atom. The van der Waals surface area contributed by atoms with Gasteiger partial charge in [-0.05, 0) is 6.42 Å². The zero-order chi connectivity index (χ0) is 6.53. The molecule has 0 amide bonds. The Bertz CT molecular complexity index is 145. The maximum absolute atomic E-state index is 4.14. The molecular formula is C6H10N3. The van der Waals surface area contributed by atoms with Gasteiger partial charge in [-0.1, -0.05) is 6.92 Å². The monoisotopic (exact) mass is 124 g/mol. The summed E-state index contributed by atoms with van der Waals surface area (Å²) in [5, 5.41) is 0. The Morgan fingerprint density at radius 3 is 3.11 bits per heavy atom. The molecule has 0 saturated carbocycles. The van der Waals surface area contributed by atoms with Crippen molar-refractivity contribution >= 4 is 0 Å². The van der Waals surface area contributed by atoms with Crippen molar-refractivity contribution in [1.82, 2.24) is 15.1 Å². The number of aromatic nitrogens is 2. The third kappa shape index (κ3) is 1.76. The highest BCUT2D eigenvalue weighted by Gasteiger charge is 1.84. The number of hydrogen-bond donors (Lipinski definition) is 0. The zero-order valence-corrected chi connectivity index (χ0v) is 5.49. The molecule has 3 nitrogen and oxygen atoms in total. The summed E-state index contributed by atoms with van der Waals surface area (Å²) in [7, 11) is 0.